The average molecular weight is 574 g/mol. The van der Waals surface area contributed by atoms with Gasteiger partial charge in [-0.15, -0.1) is 0 Å². The van der Waals surface area contributed by atoms with Gasteiger partial charge in [0.15, 0.2) is 8.07 Å². The number of ether oxygens (including phenoxy) is 1. The molecule has 0 unspecified atom stereocenters. The maximum absolute atomic E-state index is 5.83. The summed E-state index contributed by atoms with van der Waals surface area (Å²) < 4.78 is 8.17. The molecule has 0 saturated heterocycles. The number of hydrogen-bond acceptors (Lipinski definition) is 2. The van der Waals surface area contributed by atoms with Crippen molar-refractivity contribution in [2.75, 3.05) is 6.61 Å². The molecule has 0 atom stereocenters. The second-order valence-electron chi connectivity index (χ2n) is 10.5. The fourth-order valence-corrected chi connectivity index (χ4v) is 10.4. The summed E-state index contributed by atoms with van der Waals surface area (Å²) in [5, 5.41) is 4.04. The predicted molar refractivity (Wildman–Crippen MR) is 184 cm³/mol. The Morgan fingerprint density at radius 1 is 0.698 bits per heavy atom. The van der Waals surface area contributed by atoms with Gasteiger partial charge in [-0.25, -0.2) is 0 Å². The van der Waals surface area contributed by atoms with Gasteiger partial charge in [-0.3, -0.25) is 4.98 Å². The summed E-state index contributed by atoms with van der Waals surface area (Å²) in [5.41, 5.74) is 4.36. The van der Waals surface area contributed by atoms with Gasteiger partial charge in [0.1, 0.15) is 5.75 Å². The normalized spacial score (nSPS) is 11.7. The minimum Gasteiger partial charge on any atom is -0.494 e. The molecular formula is C38H34BN2OSi. The summed E-state index contributed by atoms with van der Waals surface area (Å²) in [6, 6.07) is 51.8. The zero-order valence-electron chi connectivity index (χ0n) is 24.4. The average Bonchev–Trinajstić information content (AvgIpc) is 3.51. The van der Waals surface area contributed by atoms with E-state index < -0.39 is 8.07 Å². The molecule has 0 N–H and O–H groups in total. The molecule has 3 nitrogen and oxygen atoms in total. The van der Waals surface area contributed by atoms with Gasteiger partial charge < -0.3 is 9.30 Å². The van der Waals surface area contributed by atoms with Crippen LogP contribution >= 0.6 is 0 Å². The Morgan fingerprint density at radius 2 is 1.23 bits per heavy atom. The molecule has 0 aliphatic rings. The van der Waals surface area contributed by atoms with Gasteiger partial charge in [0.05, 0.1) is 12.3 Å². The van der Waals surface area contributed by atoms with Crippen LogP contribution in [0.15, 0.2) is 158 Å². The molecule has 5 heteroatoms. The molecule has 1 heterocycles. The predicted octanol–water partition coefficient (Wildman–Crippen LogP) is 5.52. The number of aromatic nitrogens is 2. The van der Waals surface area contributed by atoms with Crippen molar-refractivity contribution in [1.29, 1.82) is 0 Å². The van der Waals surface area contributed by atoms with E-state index in [1.165, 1.54) is 15.6 Å². The SMILES string of the molecule is CCOc1ccc([Si](Cn2ccnc2[B]C(=Cc2ccccc2)c2ccccc2)(c2ccccc2)c2ccccc2)cc1. The molecule has 209 valence electrons. The molecule has 0 fully saturated rings. The quantitative estimate of drug-likeness (QED) is 0.116. The molecule has 0 saturated carbocycles. The highest BCUT2D eigenvalue weighted by Crippen LogP contribution is 2.18. The van der Waals surface area contributed by atoms with Gasteiger partial charge in [0.2, 0.25) is 7.28 Å². The van der Waals surface area contributed by atoms with Gasteiger partial charge in [-0.1, -0.05) is 145 Å². The summed E-state index contributed by atoms with van der Waals surface area (Å²) in [7, 11) is -0.364. The Hall–Kier alpha value is -4.87. The molecule has 5 aromatic carbocycles. The lowest BCUT2D eigenvalue weighted by Gasteiger charge is -2.34. The molecule has 0 aliphatic carbocycles. The van der Waals surface area contributed by atoms with Crippen molar-refractivity contribution in [3.05, 3.63) is 169 Å². The van der Waals surface area contributed by atoms with Gasteiger partial charge >= 0.3 is 0 Å². The third kappa shape index (κ3) is 6.32. The minimum atomic E-state index is -2.58. The molecule has 0 amide bonds. The second-order valence-corrected chi connectivity index (χ2v) is 14.4. The van der Waals surface area contributed by atoms with Crippen molar-refractivity contribution >= 4 is 48.2 Å². The van der Waals surface area contributed by atoms with Gasteiger partial charge in [0.25, 0.3) is 0 Å². The standard InChI is InChI=1S/C38H34BN2OSi/c1-2-42-33-23-25-36(26-24-33)43(34-19-11-5-12-20-34,35-21-13-6-14-22-35)30-41-28-27-40-38(41)39-37(32-17-9-4-10-18-32)29-31-15-7-3-8-16-31/h3-29H,2,30H2,1H3. The summed E-state index contributed by atoms with van der Waals surface area (Å²) in [6.45, 7) is 2.67. The number of nitrogens with zero attached hydrogens (tertiary/aromatic N) is 2. The molecule has 0 spiro atoms. The topological polar surface area (TPSA) is 27.1 Å². The first kappa shape index (κ1) is 28.3. The highest BCUT2D eigenvalue weighted by molar-refractivity contribution is 7.10. The fourth-order valence-electron chi connectivity index (χ4n) is 5.78. The number of hydrogen-bond donors (Lipinski definition) is 0. The lowest BCUT2D eigenvalue weighted by Crippen LogP contribution is -2.70. The first-order valence-electron chi connectivity index (χ1n) is 14.8. The number of benzene rings is 5. The Morgan fingerprint density at radius 3 is 1.81 bits per heavy atom. The van der Waals surface area contributed by atoms with E-state index >= 15 is 0 Å². The smallest absolute Gasteiger partial charge is 0.241 e. The molecular weight excluding hydrogens is 539 g/mol. The lowest BCUT2D eigenvalue weighted by molar-refractivity contribution is 0.340. The van der Waals surface area contributed by atoms with E-state index in [4.69, 9.17) is 9.72 Å². The summed E-state index contributed by atoms with van der Waals surface area (Å²) >= 11 is 0. The molecule has 6 aromatic rings. The van der Waals surface area contributed by atoms with E-state index in [1.54, 1.807) is 0 Å². The van der Waals surface area contributed by atoms with Crippen LogP contribution in [0.4, 0.5) is 0 Å². The van der Waals surface area contributed by atoms with Crippen molar-refractivity contribution in [2.45, 2.75) is 13.1 Å². The van der Waals surface area contributed by atoms with Crippen LogP contribution < -0.4 is 26.0 Å². The Bertz CT molecular complexity index is 1710. The van der Waals surface area contributed by atoms with Crippen LogP contribution in [-0.4, -0.2) is 31.5 Å². The zero-order chi connectivity index (χ0) is 29.3. The van der Waals surface area contributed by atoms with Crippen LogP contribution in [-0.2, 0) is 6.17 Å². The fraction of sp³-hybridized carbons (Fsp3) is 0.0789. The molecule has 43 heavy (non-hydrogen) atoms. The molecule has 1 radical (unpaired) electrons. The maximum atomic E-state index is 5.83. The van der Waals surface area contributed by atoms with Crippen LogP contribution in [0.3, 0.4) is 0 Å². The molecule has 1 aromatic heterocycles. The summed E-state index contributed by atoms with van der Waals surface area (Å²) in [6.07, 6.45) is 7.08. The Balaban J connectivity index is 1.47. The van der Waals surface area contributed by atoms with E-state index in [0.29, 0.717) is 6.61 Å². The Kier molecular flexibility index (Phi) is 8.81. The van der Waals surface area contributed by atoms with Crippen molar-refractivity contribution in [3.8, 4) is 5.75 Å². The van der Waals surface area contributed by atoms with Gasteiger partial charge in [-0.2, -0.15) is 0 Å². The van der Waals surface area contributed by atoms with E-state index in [9.17, 15) is 0 Å². The van der Waals surface area contributed by atoms with Crippen molar-refractivity contribution in [1.82, 2.24) is 9.55 Å². The highest BCUT2D eigenvalue weighted by Gasteiger charge is 2.40. The van der Waals surface area contributed by atoms with E-state index in [0.717, 1.165) is 34.2 Å². The first-order valence-corrected chi connectivity index (χ1v) is 17.0. The number of rotatable bonds is 11. The van der Waals surface area contributed by atoms with Crippen LogP contribution in [0.25, 0.3) is 11.5 Å². The monoisotopic (exact) mass is 573 g/mol. The van der Waals surface area contributed by atoms with Crippen LogP contribution in [0.5, 0.6) is 5.75 Å². The van der Waals surface area contributed by atoms with Crippen LogP contribution in [0.1, 0.15) is 18.1 Å². The minimum absolute atomic E-state index is 0.647. The van der Waals surface area contributed by atoms with Crippen LogP contribution in [0.2, 0.25) is 0 Å². The van der Waals surface area contributed by atoms with E-state index in [-0.39, 0.29) is 0 Å². The maximum Gasteiger partial charge on any atom is 0.241 e. The summed E-state index contributed by atoms with van der Waals surface area (Å²) in [4.78, 5) is 4.90. The van der Waals surface area contributed by atoms with Crippen molar-refractivity contribution < 1.29 is 4.74 Å². The van der Waals surface area contributed by atoms with Crippen molar-refractivity contribution in [2.24, 2.45) is 0 Å². The number of imidazole rings is 1. The van der Waals surface area contributed by atoms with Gasteiger partial charge in [-0.05, 0) is 45.7 Å². The second kappa shape index (κ2) is 13.4. The largest absolute Gasteiger partial charge is 0.494 e. The summed E-state index contributed by atoms with van der Waals surface area (Å²) in [5.74, 6) is 0.894. The van der Waals surface area contributed by atoms with Crippen LogP contribution in [0, 0.1) is 0 Å². The molecule has 0 bridgehead atoms. The van der Waals surface area contributed by atoms with Crippen molar-refractivity contribution in [3.63, 3.8) is 0 Å². The zero-order valence-corrected chi connectivity index (χ0v) is 25.4. The third-order valence-electron chi connectivity index (χ3n) is 7.86. The van der Waals surface area contributed by atoms with E-state index in [1.807, 2.05) is 19.2 Å². The molecule has 0 aliphatic heterocycles. The Labute approximate surface area is 256 Å². The third-order valence-corrected chi connectivity index (χ3v) is 12.6. The van der Waals surface area contributed by atoms with Gasteiger partial charge in [0, 0.05) is 18.6 Å². The first-order chi connectivity index (χ1) is 21.3. The van der Waals surface area contributed by atoms with E-state index in [2.05, 4.69) is 164 Å². The molecule has 6 rings (SSSR count). The lowest BCUT2D eigenvalue weighted by atomic mass is 9.65. The highest BCUT2D eigenvalue weighted by atomic mass is 28.3.